The van der Waals surface area contributed by atoms with Crippen LogP contribution in [0.1, 0.15) is 48.9 Å². The Morgan fingerprint density at radius 1 is 0.857 bits per heavy atom. The second kappa shape index (κ2) is 10.8. The van der Waals surface area contributed by atoms with Gasteiger partial charge in [-0.15, -0.1) is 0 Å². The Kier molecular flexibility index (Phi) is 8.74. The normalized spacial score (nSPS) is 11.6. The molecule has 1 N–H and O–H groups in total. The number of hydrogen-bond donors (Lipinski definition) is 1. The van der Waals surface area contributed by atoms with Crippen molar-refractivity contribution in [2.24, 2.45) is 0 Å². The van der Waals surface area contributed by atoms with Gasteiger partial charge >= 0.3 is 8.56 Å². The highest BCUT2D eigenvalue weighted by Crippen LogP contribution is 2.26. The molecule has 0 heterocycles. The van der Waals surface area contributed by atoms with Crippen molar-refractivity contribution in [3.05, 3.63) is 58.7 Å². The third-order valence-electron chi connectivity index (χ3n) is 5.15. The molecule has 4 heteroatoms. The summed E-state index contributed by atoms with van der Waals surface area (Å²) in [5.41, 5.74) is 7.64. The summed E-state index contributed by atoms with van der Waals surface area (Å²) < 4.78 is 11.9. The first-order chi connectivity index (χ1) is 13.4. The lowest BCUT2D eigenvalue weighted by atomic mass is 10.0. The average Bonchev–Trinajstić information content (AvgIpc) is 2.63. The minimum atomic E-state index is -1.96. The van der Waals surface area contributed by atoms with Gasteiger partial charge in [0.1, 0.15) is 0 Å². The standard InChI is InChI=1S/C24H37NO2Si/c1-7-26-28(6,27-8-2)16-10-9-11-22-12-14-23(15-13-22)25-24-20(4)17-19(3)18-21(24)5/h12-15,17-18,25H,7-11,16H2,1-6H3. The maximum absolute atomic E-state index is 5.93. The quantitative estimate of drug-likeness (QED) is 0.332. The van der Waals surface area contributed by atoms with Crippen molar-refractivity contribution in [1.29, 1.82) is 0 Å². The first kappa shape index (κ1) is 22.7. The van der Waals surface area contributed by atoms with Gasteiger partial charge in [0.25, 0.3) is 0 Å². The van der Waals surface area contributed by atoms with Crippen molar-refractivity contribution in [2.75, 3.05) is 18.5 Å². The Balaban J connectivity index is 1.86. The van der Waals surface area contributed by atoms with Gasteiger partial charge in [-0.05, 0) is 88.9 Å². The second-order valence-corrected chi connectivity index (χ2v) is 11.1. The lowest BCUT2D eigenvalue weighted by molar-refractivity contribution is 0.188. The van der Waals surface area contributed by atoms with Crippen LogP contribution in [0.2, 0.25) is 12.6 Å². The molecule has 0 aliphatic heterocycles. The highest BCUT2D eigenvalue weighted by Gasteiger charge is 2.29. The van der Waals surface area contributed by atoms with E-state index in [4.69, 9.17) is 8.85 Å². The van der Waals surface area contributed by atoms with Crippen molar-refractivity contribution < 1.29 is 8.85 Å². The first-order valence-corrected chi connectivity index (χ1v) is 13.1. The maximum atomic E-state index is 5.93. The number of rotatable bonds is 11. The summed E-state index contributed by atoms with van der Waals surface area (Å²) in [7, 11) is -1.96. The Hall–Kier alpha value is -1.62. The van der Waals surface area contributed by atoms with Crippen molar-refractivity contribution >= 4 is 19.9 Å². The van der Waals surface area contributed by atoms with Crippen LogP contribution >= 0.6 is 0 Å². The molecule has 0 fully saturated rings. The van der Waals surface area contributed by atoms with Gasteiger partial charge in [0.05, 0.1) is 0 Å². The summed E-state index contributed by atoms with van der Waals surface area (Å²) >= 11 is 0. The van der Waals surface area contributed by atoms with Crippen molar-refractivity contribution in [1.82, 2.24) is 0 Å². The Morgan fingerprint density at radius 3 is 1.96 bits per heavy atom. The summed E-state index contributed by atoms with van der Waals surface area (Å²) in [4.78, 5) is 0. The smallest absolute Gasteiger partial charge is 0.334 e. The Bertz CT molecular complexity index is 714. The maximum Gasteiger partial charge on any atom is 0.334 e. The predicted octanol–water partition coefficient (Wildman–Crippen LogP) is 6.82. The van der Waals surface area contributed by atoms with Crippen LogP contribution in [-0.4, -0.2) is 21.8 Å². The Labute approximate surface area is 172 Å². The fourth-order valence-corrected chi connectivity index (χ4v) is 6.33. The van der Waals surface area contributed by atoms with Crippen LogP contribution in [0.5, 0.6) is 0 Å². The molecule has 2 rings (SSSR count). The lowest BCUT2D eigenvalue weighted by Gasteiger charge is -2.25. The summed E-state index contributed by atoms with van der Waals surface area (Å²) in [5, 5.41) is 3.58. The van der Waals surface area contributed by atoms with Gasteiger partial charge in [0.15, 0.2) is 0 Å². The van der Waals surface area contributed by atoms with E-state index in [0.29, 0.717) is 0 Å². The molecule has 0 aliphatic rings. The summed E-state index contributed by atoms with van der Waals surface area (Å²) in [5.74, 6) is 0. The van der Waals surface area contributed by atoms with Gasteiger partial charge in [-0.2, -0.15) is 0 Å². The highest BCUT2D eigenvalue weighted by molar-refractivity contribution is 6.66. The van der Waals surface area contributed by atoms with Crippen molar-refractivity contribution in [3.8, 4) is 0 Å². The van der Waals surface area contributed by atoms with Crippen LogP contribution in [0.3, 0.4) is 0 Å². The lowest BCUT2D eigenvalue weighted by Crippen LogP contribution is -2.38. The zero-order valence-corrected chi connectivity index (χ0v) is 19.5. The van der Waals surface area contributed by atoms with Gasteiger partial charge in [0.2, 0.25) is 0 Å². The second-order valence-electron chi connectivity index (χ2n) is 7.80. The highest BCUT2D eigenvalue weighted by atomic mass is 28.4. The number of hydrogen-bond acceptors (Lipinski definition) is 3. The molecule has 0 radical (unpaired) electrons. The molecular weight excluding hydrogens is 362 g/mol. The summed E-state index contributed by atoms with van der Waals surface area (Å²) in [6.45, 7) is 14.3. The van der Waals surface area contributed by atoms with E-state index in [1.165, 1.54) is 34.4 Å². The number of aryl methyl sites for hydroxylation is 4. The van der Waals surface area contributed by atoms with E-state index in [-0.39, 0.29) is 0 Å². The fourth-order valence-electron chi connectivity index (χ4n) is 3.85. The van der Waals surface area contributed by atoms with Crippen LogP contribution in [0.4, 0.5) is 11.4 Å². The van der Waals surface area contributed by atoms with Crippen molar-refractivity contribution in [3.63, 3.8) is 0 Å². The molecule has 0 spiro atoms. The van der Waals surface area contributed by atoms with E-state index in [1.54, 1.807) is 0 Å². The van der Waals surface area contributed by atoms with Gasteiger partial charge < -0.3 is 14.2 Å². The molecule has 2 aromatic rings. The molecule has 0 aromatic heterocycles. The molecule has 0 unspecified atom stereocenters. The minimum Gasteiger partial charge on any atom is -0.395 e. The zero-order chi connectivity index (χ0) is 20.6. The molecule has 0 atom stereocenters. The van der Waals surface area contributed by atoms with Crippen LogP contribution in [-0.2, 0) is 15.3 Å². The molecule has 2 aromatic carbocycles. The monoisotopic (exact) mass is 399 g/mol. The molecule has 154 valence electrons. The van der Waals surface area contributed by atoms with E-state index in [1.807, 2.05) is 0 Å². The number of nitrogens with one attached hydrogen (secondary N) is 1. The first-order valence-electron chi connectivity index (χ1n) is 10.6. The summed E-state index contributed by atoms with van der Waals surface area (Å²) in [6.07, 6.45) is 3.43. The minimum absolute atomic E-state index is 0.747. The van der Waals surface area contributed by atoms with Crippen LogP contribution < -0.4 is 5.32 Å². The topological polar surface area (TPSA) is 30.5 Å². The zero-order valence-electron chi connectivity index (χ0n) is 18.5. The molecule has 0 aliphatic carbocycles. The van der Waals surface area contributed by atoms with E-state index >= 15 is 0 Å². The third-order valence-corrected chi connectivity index (χ3v) is 8.21. The van der Waals surface area contributed by atoms with Crippen LogP contribution in [0, 0.1) is 20.8 Å². The molecule has 0 bridgehead atoms. The van der Waals surface area contributed by atoms with Crippen LogP contribution in [0.15, 0.2) is 36.4 Å². The van der Waals surface area contributed by atoms with Gasteiger partial charge in [0, 0.05) is 24.6 Å². The van der Waals surface area contributed by atoms with Gasteiger partial charge in [-0.1, -0.05) is 36.2 Å². The fraction of sp³-hybridized carbons (Fsp3) is 0.500. The third kappa shape index (κ3) is 6.76. The van der Waals surface area contributed by atoms with Crippen LogP contribution in [0.25, 0.3) is 0 Å². The Morgan fingerprint density at radius 2 is 1.43 bits per heavy atom. The SMILES string of the molecule is CCO[Si](C)(CCCCc1ccc(Nc2c(C)cc(C)cc2C)cc1)OCC. The van der Waals surface area contributed by atoms with E-state index in [9.17, 15) is 0 Å². The van der Waals surface area contributed by atoms with E-state index in [0.717, 1.165) is 37.8 Å². The van der Waals surface area contributed by atoms with Gasteiger partial charge in [-0.25, -0.2) is 0 Å². The number of unbranched alkanes of at least 4 members (excludes halogenated alkanes) is 1. The largest absolute Gasteiger partial charge is 0.395 e. The molecular formula is C24H37NO2Si. The number of benzene rings is 2. The molecule has 3 nitrogen and oxygen atoms in total. The average molecular weight is 400 g/mol. The summed E-state index contributed by atoms with van der Waals surface area (Å²) in [6, 6.07) is 14.4. The predicted molar refractivity (Wildman–Crippen MR) is 123 cm³/mol. The van der Waals surface area contributed by atoms with Gasteiger partial charge in [-0.3, -0.25) is 0 Å². The molecule has 0 saturated carbocycles. The number of anilines is 2. The molecule has 0 amide bonds. The molecule has 0 saturated heterocycles. The van der Waals surface area contributed by atoms with E-state index < -0.39 is 8.56 Å². The van der Waals surface area contributed by atoms with Crippen molar-refractivity contribution in [2.45, 2.75) is 66.5 Å². The molecule has 28 heavy (non-hydrogen) atoms. The van der Waals surface area contributed by atoms with E-state index in [2.05, 4.69) is 82.9 Å².